The molecular formula is C24H21NO5. The van der Waals surface area contributed by atoms with Crippen molar-refractivity contribution in [1.29, 1.82) is 0 Å². The fourth-order valence-electron chi connectivity index (χ4n) is 3.31. The molecule has 4 rings (SSSR count). The van der Waals surface area contributed by atoms with E-state index in [1.807, 2.05) is 30.3 Å². The molecule has 0 saturated carbocycles. The molecular weight excluding hydrogens is 382 g/mol. The van der Waals surface area contributed by atoms with Gasteiger partial charge in [0.05, 0.1) is 38.0 Å². The van der Waals surface area contributed by atoms with Crippen LogP contribution in [0, 0.1) is 0 Å². The van der Waals surface area contributed by atoms with Crippen molar-refractivity contribution in [2.24, 2.45) is 0 Å². The minimum absolute atomic E-state index is 0.118. The molecule has 6 heteroatoms. The second-order valence-electron chi connectivity index (χ2n) is 6.58. The Hall–Kier alpha value is -3.93. The van der Waals surface area contributed by atoms with Gasteiger partial charge in [0.1, 0.15) is 17.6 Å². The number of hydrogen-bond acceptors (Lipinski definition) is 6. The maximum absolute atomic E-state index is 13.1. The average Bonchev–Trinajstić information content (AvgIpc) is 2.79. The van der Waals surface area contributed by atoms with Gasteiger partial charge in [-0.15, -0.1) is 0 Å². The minimum Gasteiger partial charge on any atom is -0.495 e. The fraction of sp³-hybridized carbons (Fsp3) is 0.125. The molecule has 6 nitrogen and oxygen atoms in total. The van der Waals surface area contributed by atoms with Crippen LogP contribution in [-0.4, -0.2) is 21.3 Å². The summed E-state index contributed by atoms with van der Waals surface area (Å²) in [6, 6.07) is 18.3. The summed E-state index contributed by atoms with van der Waals surface area (Å²) >= 11 is 0. The van der Waals surface area contributed by atoms with E-state index >= 15 is 0 Å². The van der Waals surface area contributed by atoms with Crippen molar-refractivity contribution < 1.29 is 18.6 Å². The zero-order valence-electron chi connectivity index (χ0n) is 16.9. The van der Waals surface area contributed by atoms with E-state index in [0.29, 0.717) is 33.6 Å². The van der Waals surface area contributed by atoms with Gasteiger partial charge in [-0.05, 0) is 42.0 Å². The van der Waals surface area contributed by atoms with Crippen LogP contribution in [0.4, 0.5) is 11.4 Å². The monoisotopic (exact) mass is 403 g/mol. The predicted molar refractivity (Wildman–Crippen MR) is 117 cm³/mol. The summed E-state index contributed by atoms with van der Waals surface area (Å²) in [5.74, 6) is 1.87. The predicted octanol–water partition coefficient (Wildman–Crippen LogP) is 5.23. The standard InChI is InChI=1S/C24H21NO5/c1-27-20-7-5-4-6-19(20)25-16-9-10-17-22(13-16)30-14-18(24(17)26)15-8-11-21(28-2)23(12-15)29-3/h4-14,25H,1-3H3. The molecule has 1 heterocycles. The van der Waals surface area contributed by atoms with E-state index in [2.05, 4.69) is 5.32 Å². The number of methoxy groups -OCH3 is 3. The first-order valence-corrected chi connectivity index (χ1v) is 9.32. The normalized spacial score (nSPS) is 10.6. The molecule has 0 atom stereocenters. The molecule has 152 valence electrons. The largest absolute Gasteiger partial charge is 0.495 e. The first kappa shape index (κ1) is 19.4. The molecule has 1 aromatic heterocycles. The number of ether oxygens (including phenoxy) is 3. The van der Waals surface area contributed by atoms with Gasteiger partial charge >= 0.3 is 0 Å². The molecule has 0 radical (unpaired) electrons. The molecule has 0 fully saturated rings. The summed E-state index contributed by atoms with van der Waals surface area (Å²) in [6.07, 6.45) is 1.47. The van der Waals surface area contributed by atoms with Gasteiger partial charge in [0, 0.05) is 11.8 Å². The van der Waals surface area contributed by atoms with Gasteiger partial charge in [-0.25, -0.2) is 0 Å². The third-order valence-electron chi connectivity index (χ3n) is 4.86. The highest BCUT2D eigenvalue weighted by Gasteiger charge is 2.13. The first-order chi connectivity index (χ1) is 14.6. The van der Waals surface area contributed by atoms with Crippen LogP contribution < -0.4 is 25.0 Å². The van der Waals surface area contributed by atoms with Crippen molar-refractivity contribution in [2.45, 2.75) is 0 Å². The lowest BCUT2D eigenvalue weighted by Crippen LogP contribution is -2.05. The van der Waals surface area contributed by atoms with E-state index in [0.717, 1.165) is 17.1 Å². The van der Waals surface area contributed by atoms with Crippen molar-refractivity contribution >= 4 is 22.3 Å². The molecule has 0 saturated heterocycles. The number of rotatable bonds is 6. The van der Waals surface area contributed by atoms with Crippen LogP contribution >= 0.6 is 0 Å². The summed E-state index contributed by atoms with van der Waals surface area (Å²) in [6.45, 7) is 0. The highest BCUT2D eigenvalue weighted by atomic mass is 16.5. The van der Waals surface area contributed by atoms with Gasteiger partial charge in [0.2, 0.25) is 0 Å². The average molecular weight is 403 g/mol. The smallest absolute Gasteiger partial charge is 0.200 e. The first-order valence-electron chi connectivity index (χ1n) is 9.32. The molecule has 0 aliphatic rings. The van der Waals surface area contributed by atoms with Gasteiger partial charge in [-0.3, -0.25) is 4.79 Å². The SMILES string of the molecule is COc1ccccc1Nc1ccc2c(=O)c(-c3ccc(OC)c(OC)c3)coc2c1. The van der Waals surface area contributed by atoms with Gasteiger partial charge in [-0.1, -0.05) is 18.2 Å². The van der Waals surface area contributed by atoms with E-state index < -0.39 is 0 Å². The molecule has 0 spiro atoms. The lowest BCUT2D eigenvalue weighted by atomic mass is 10.0. The summed E-state index contributed by atoms with van der Waals surface area (Å²) in [7, 11) is 4.75. The van der Waals surface area contributed by atoms with E-state index in [4.69, 9.17) is 18.6 Å². The molecule has 0 bridgehead atoms. The Morgan fingerprint density at radius 1 is 0.800 bits per heavy atom. The van der Waals surface area contributed by atoms with Crippen LogP contribution in [0.5, 0.6) is 17.2 Å². The van der Waals surface area contributed by atoms with Crippen molar-refractivity contribution in [3.63, 3.8) is 0 Å². The summed E-state index contributed by atoms with van der Waals surface area (Å²) in [4.78, 5) is 13.1. The highest BCUT2D eigenvalue weighted by molar-refractivity contribution is 5.85. The van der Waals surface area contributed by atoms with E-state index in [9.17, 15) is 4.79 Å². The maximum atomic E-state index is 13.1. The lowest BCUT2D eigenvalue weighted by molar-refractivity contribution is 0.355. The Labute approximate surface area is 173 Å². The van der Waals surface area contributed by atoms with Gasteiger partial charge in [0.25, 0.3) is 0 Å². The van der Waals surface area contributed by atoms with Gasteiger partial charge < -0.3 is 23.9 Å². The summed E-state index contributed by atoms with van der Waals surface area (Å²) in [5.41, 5.74) is 3.13. The Kier molecular flexibility index (Phi) is 5.30. The van der Waals surface area contributed by atoms with Crippen LogP contribution in [-0.2, 0) is 0 Å². The van der Waals surface area contributed by atoms with Gasteiger partial charge in [-0.2, -0.15) is 0 Å². The Bertz CT molecular complexity index is 1260. The summed E-state index contributed by atoms with van der Waals surface area (Å²) < 4.78 is 21.8. The molecule has 1 N–H and O–H groups in total. The van der Waals surface area contributed by atoms with Crippen molar-refractivity contribution in [2.75, 3.05) is 26.6 Å². The van der Waals surface area contributed by atoms with Crippen molar-refractivity contribution in [3.8, 4) is 28.4 Å². The second kappa shape index (κ2) is 8.21. The Morgan fingerprint density at radius 2 is 1.57 bits per heavy atom. The molecule has 0 aliphatic heterocycles. The van der Waals surface area contributed by atoms with Gasteiger partial charge in [0.15, 0.2) is 16.9 Å². The zero-order valence-corrected chi connectivity index (χ0v) is 16.9. The third-order valence-corrected chi connectivity index (χ3v) is 4.86. The van der Waals surface area contributed by atoms with Crippen LogP contribution in [0.25, 0.3) is 22.1 Å². The number of fused-ring (bicyclic) bond motifs is 1. The van der Waals surface area contributed by atoms with E-state index in [1.165, 1.54) is 6.26 Å². The number of hydrogen-bond donors (Lipinski definition) is 1. The third kappa shape index (κ3) is 3.55. The van der Waals surface area contributed by atoms with Crippen molar-refractivity contribution in [1.82, 2.24) is 0 Å². The highest BCUT2D eigenvalue weighted by Crippen LogP contribution is 2.32. The van der Waals surface area contributed by atoms with Crippen LogP contribution in [0.15, 0.2) is 76.1 Å². The lowest BCUT2D eigenvalue weighted by Gasteiger charge is -2.12. The molecule has 4 aromatic rings. The molecule has 0 aliphatic carbocycles. The zero-order chi connectivity index (χ0) is 21.1. The molecule has 3 aromatic carbocycles. The molecule has 0 amide bonds. The number of benzene rings is 3. The van der Waals surface area contributed by atoms with Crippen LogP contribution in [0.1, 0.15) is 0 Å². The Morgan fingerprint density at radius 3 is 2.33 bits per heavy atom. The van der Waals surface area contributed by atoms with Crippen molar-refractivity contribution in [3.05, 3.63) is 77.2 Å². The fourth-order valence-corrected chi connectivity index (χ4v) is 3.31. The Balaban J connectivity index is 1.72. The van der Waals surface area contributed by atoms with Crippen LogP contribution in [0.3, 0.4) is 0 Å². The van der Waals surface area contributed by atoms with E-state index in [-0.39, 0.29) is 5.43 Å². The quantitative estimate of drug-likeness (QED) is 0.475. The topological polar surface area (TPSA) is 69.9 Å². The number of nitrogens with one attached hydrogen (secondary N) is 1. The maximum Gasteiger partial charge on any atom is 0.200 e. The number of para-hydroxylation sites is 2. The molecule has 30 heavy (non-hydrogen) atoms. The summed E-state index contributed by atoms with van der Waals surface area (Å²) in [5, 5.41) is 3.78. The number of anilines is 2. The van der Waals surface area contributed by atoms with Crippen LogP contribution in [0.2, 0.25) is 0 Å². The second-order valence-corrected chi connectivity index (χ2v) is 6.58. The molecule has 0 unspecified atom stereocenters. The minimum atomic E-state index is -0.118. The van der Waals surface area contributed by atoms with E-state index in [1.54, 1.807) is 51.7 Å².